The van der Waals surface area contributed by atoms with Gasteiger partial charge >= 0.3 is 0 Å². The third-order valence-corrected chi connectivity index (χ3v) is 6.49. The third-order valence-electron chi connectivity index (χ3n) is 6.49. The molecule has 1 aliphatic heterocycles. The molecule has 3 aromatic carbocycles. The zero-order valence-electron chi connectivity index (χ0n) is 20.6. The summed E-state index contributed by atoms with van der Waals surface area (Å²) in [6.07, 6.45) is -1.24. The molecule has 1 N–H and O–H groups in total. The van der Waals surface area contributed by atoms with Crippen LogP contribution in [0.25, 0.3) is 0 Å². The summed E-state index contributed by atoms with van der Waals surface area (Å²) in [5.41, 5.74) is 3.09. The molecule has 1 aromatic heterocycles. The molecule has 0 saturated carbocycles. The number of furan rings is 1. The largest absolute Gasteiger partial charge is 0.466 e. The maximum Gasteiger partial charge on any atom is 0.144 e. The van der Waals surface area contributed by atoms with E-state index in [0.717, 1.165) is 16.7 Å². The molecule has 5 atom stereocenters. The van der Waals surface area contributed by atoms with E-state index in [1.165, 1.54) is 0 Å². The first-order valence-electron chi connectivity index (χ1n) is 12.6. The second kappa shape index (κ2) is 12.8. The van der Waals surface area contributed by atoms with Crippen molar-refractivity contribution in [1.82, 2.24) is 0 Å². The minimum atomic E-state index is -0.629. The first-order valence-corrected chi connectivity index (χ1v) is 12.6. The number of aliphatic hydroxyl groups is 1. The Morgan fingerprint density at radius 3 is 1.51 bits per heavy atom. The minimum absolute atomic E-state index is 0.229. The maximum absolute atomic E-state index is 10.3. The van der Waals surface area contributed by atoms with Crippen molar-refractivity contribution in [2.45, 2.75) is 50.3 Å². The number of hydrogen-bond donors (Lipinski definition) is 1. The van der Waals surface area contributed by atoms with Crippen LogP contribution in [-0.4, -0.2) is 36.1 Å². The zero-order chi connectivity index (χ0) is 25.3. The predicted molar refractivity (Wildman–Crippen MR) is 138 cm³/mol. The zero-order valence-corrected chi connectivity index (χ0v) is 20.6. The fraction of sp³-hybridized carbons (Fsp3) is 0.290. The lowest BCUT2D eigenvalue weighted by molar-refractivity contribution is -0.275. The van der Waals surface area contributed by atoms with Crippen molar-refractivity contribution in [2.75, 3.05) is 6.61 Å². The van der Waals surface area contributed by atoms with Gasteiger partial charge in [0.1, 0.15) is 36.3 Å². The van der Waals surface area contributed by atoms with Crippen LogP contribution in [0.2, 0.25) is 0 Å². The number of rotatable bonds is 11. The molecular formula is C31H32O6. The summed E-state index contributed by atoms with van der Waals surface area (Å²) in [5, 5.41) is 10.3. The van der Waals surface area contributed by atoms with Crippen LogP contribution in [0.5, 0.6) is 0 Å². The Kier molecular flexibility index (Phi) is 8.79. The number of ether oxygens (including phenoxy) is 4. The molecule has 4 aromatic rings. The van der Waals surface area contributed by atoms with Crippen LogP contribution in [0.3, 0.4) is 0 Å². The van der Waals surface area contributed by atoms with Gasteiger partial charge in [-0.05, 0) is 28.8 Å². The van der Waals surface area contributed by atoms with Gasteiger partial charge in [-0.25, -0.2) is 0 Å². The molecule has 0 unspecified atom stereocenters. The molecule has 192 valence electrons. The summed E-state index contributed by atoms with van der Waals surface area (Å²) in [5.74, 6) is 0.617. The van der Waals surface area contributed by atoms with Gasteiger partial charge in [0.25, 0.3) is 0 Å². The molecular weight excluding hydrogens is 468 g/mol. The minimum Gasteiger partial charge on any atom is -0.466 e. The third kappa shape index (κ3) is 6.55. The van der Waals surface area contributed by atoms with Crippen LogP contribution >= 0.6 is 0 Å². The Hall–Kier alpha value is -3.26. The Morgan fingerprint density at radius 2 is 1.05 bits per heavy atom. The molecule has 0 aliphatic carbocycles. The molecule has 6 heteroatoms. The average Bonchev–Trinajstić information content (AvgIpc) is 3.50. The van der Waals surface area contributed by atoms with E-state index in [-0.39, 0.29) is 6.61 Å². The van der Waals surface area contributed by atoms with Crippen molar-refractivity contribution < 1.29 is 28.5 Å². The van der Waals surface area contributed by atoms with Gasteiger partial charge in [0, 0.05) is 0 Å². The highest BCUT2D eigenvalue weighted by atomic mass is 16.6. The van der Waals surface area contributed by atoms with E-state index in [9.17, 15) is 5.11 Å². The summed E-state index contributed by atoms with van der Waals surface area (Å²) < 4.78 is 31.6. The van der Waals surface area contributed by atoms with Gasteiger partial charge in [-0.3, -0.25) is 0 Å². The summed E-state index contributed by atoms with van der Waals surface area (Å²) >= 11 is 0. The second-order valence-corrected chi connectivity index (χ2v) is 9.08. The van der Waals surface area contributed by atoms with Crippen LogP contribution in [0.15, 0.2) is 114 Å². The number of hydrogen-bond acceptors (Lipinski definition) is 6. The van der Waals surface area contributed by atoms with Gasteiger partial charge in [-0.1, -0.05) is 91.0 Å². The summed E-state index contributed by atoms with van der Waals surface area (Å²) in [6.45, 7) is 0.859. The molecule has 0 spiro atoms. The molecule has 0 bridgehead atoms. The van der Waals surface area contributed by atoms with Gasteiger partial charge in [0.15, 0.2) is 0 Å². The monoisotopic (exact) mass is 500 g/mol. The second-order valence-electron chi connectivity index (χ2n) is 9.08. The van der Waals surface area contributed by atoms with Crippen molar-refractivity contribution in [1.29, 1.82) is 0 Å². The summed E-state index contributed by atoms with van der Waals surface area (Å²) in [7, 11) is 0. The fourth-order valence-corrected chi connectivity index (χ4v) is 4.62. The van der Waals surface area contributed by atoms with Crippen molar-refractivity contribution in [2.24, 2.45) is 0 Å². The van der Waals surface area contributed by atoms with Gasteiger partial charge in [-0.15, -0.1) is 0 Å². The van der Waals surface area contributed by atoms with E-state index in [1.54, 1.807) is 6.26 Å². The summed E-state index contributed by atoms with van der Waals surface area (Å²) in [6, 6.07) is 33.6. The van der Waals surface area contributed by atoms with E-state index in [2.05, 4.69) is 0 Å². The lowest BCUT2D eigenvalue weighted by Gasteiger charge is -2.45. The highest BCUT2D eigenvalue weighted by Crippen LogP contribution is 2.38. The Balaban J connectivity index is 1.44. The lowest BCUT2D eigenvalue weighted by atomic mass is 9.92. The van der Waals surface area contributed by atoms with Crippen LogP contribution in [-0.2, 0) is 38.8 Å². The first-order chi connectivity index (χ1) is 18.3. The van der Waals surface area contributed by atoms with Crippen LogP contribution in [0.1, 0.15) is 28.6 Å². The van der Waals surface area contributed by atoms with E-state index in [1.807, 2.05) is 103 Å². The van der Waals surface area contributed by atoms with Crippen LogP contribution in [0, 0.1) is 0 Å². The molecule has 1 fully saturated rings. The normalized spacial score (nSPS) is 23.6. The molecule has 0 amide bonds. The number of aliphatic hydroxyl groups excluding tert-OH is 1. The van der Waals surface area contributed by atoms with Crippen LogP contribution < -0.4 is 0 Å². The summed E-state index contributed by atoms with van der Waals surface area (Å²) in [4.78, 5) is 0. The smallest absolute Gasteiger partial charge is 0.144 e. The van der Waals surface area contributed by atoms with Crippen LogP contribution in [0.4, 0.5) is 0 Å². The quantitative estimate of drug-likeness (QED) is 0.295. The molecule has 1 aliphatic rings. The molecule has 2 heterocycles. The van der Waals surface area contributed by atoms with E-state index in [4.69, 9.17) is 23.4 Å². The maximum atomic E-state index is 10.3. The van der Waals surface area contributed by atoms with Gasteiger partial charge < -0.3 is 28.5 Å². The molecule has 0 radical (unpaired) electrons. The van der Waals surface area contributed by atoms with Crippen molar-refractivity contribution in [3.8, 4) is 0 Å². The molecule has 37 heavy (non-hydrogen) atoms. The van der Waals surface area contributed by atoms with Crippen molar-refractivity contribution in [3.63, 3.8) is 0 Å². The van der Waals surface area contributed by atoms with Crippen molar-refractivity contribution >= 4 is 0 Å². The molecule has 1 saturated heterocycles. The SMILES string of the molecule is OC[C@H]1O[C@H](c2ccco2)[C@H](OCc2ccccc2)[C@@H](OCc2ccccc2)[C@@H]1OCc1ccccc1. The van der Waals surface area contributed by atoms with Gasteiger partial charge in [0.05, 0.1) is 32.7 Å². The topological polar surface area (TPSA) is 70.3 Å². The van der Waals surface area contributed by atoms with E-state index < -0.39 is 30.5 Å². The van der Waals surface area contributed by atoms with Gasteiger partial charge in [0.2, 0.25) is 0 Å². The van der Waals surface area contributed by atoms with E-state index >= 15 is 0 Å². The first kappa shape index (κ1) is 25.4. The lowest BCUT2D eigenvalue weighted by Crippen LogP contribution is -2.58. The predicted octanol–water partition coefficient (Wildman–Crippen LogP) is 5.47. The molecule has 6 nitrogen and oxygen atoms in total. The standard InChI is InChI=1S/C31H32O6/c32-19-27-28(34-20-23-11-4-1-5-12-23)30(35-21-24-13-6-2-7-14-24)31(29(37-27)26-17-10-18-33-26)36-22-25-15-8-3-9-16-25/h1-18,27-32H,19-22H2/t27-,28-,29-,30+,31+/m1/s1. The average molecular weight is 501 g/mol. The number of benzene rings is 3. The van der Waals surface area contributed by atoms with E-state index in [0.29, 0.717) is 25.6 Å². The Labute approximate surface area is 217 Å². The highest BCUT2D eigenvalue weighted by molar-refractivity contribution is 5.17. The fourth-order valence-electron chi connectivity index (χ4n) is 4.62. The van der Waals surface area contributed by atoms with Crippen molar-refractivity contribution in [3.05, 3.63) is 132 Å². The van der Waals surface area contributed by atoms with Gasteiger partial charge in [-0.2, -0.15) is 0 Å². The Morgan fingerprint density at radius 1 is 0.568 bits per heavy atom. The molecule has 5 rings (SSSR count). The highest BCUT2D eigenvalue weighted by Gasteiger charge is 2.49. The Bertz CT molecular complexity index is 1170.